The first-order valence-corrected chi connectivity index (χ1v) is 8.31. The predicted molar refractivity (Wildman–Crippen MR) is 85.5 cm³/mol. The topological polar surface area (TPSA) is 61.8 Å². The molecule has 5 nitrogen and oxygen atoms in total. The first kappa shape index (κ1) is 16.1. The fraction of sp³-hybridized carbons (Fsp3) is 0.533. The second-order valence-corrected chi connectivity index (χ2v) is 5.99. The quantitative estimate of drug-likeness (QED) is 0.786. The monoisotopic (exact) mass is 310 g/mol. The lowest BCUT2D eigenvalue weighted by Gasteiger charge is -2.30. The van der Waals surface area contributed by atoms with Gasteiger partial charge in [0.05, 0.1) is 24.5 Å². The highest BCUT2D eigenvalue weighted by Crippen LogP contribution is 2.27. The van der Waals surface area contributed by atoms with Gasteiger partial charge in [-0.3, -0.25) is 4.90 Å². The number of carboxylic acid groups (broad SMARTS) is 1. The maximum absolute atomic E-state index is 11.5. The molecule has 21 heavy (non-hydrogen) atoms. The highest BCUT2D eigenvalue weighted by molar-refractivity contribution is 7.98. The van der Waals surface area contributed by atoms with E-state index < -0.39 is 5.97 Å². The van der Waals surface area contributed by atoms with Crippen molar-refractivity contribution in [3.63, 3.8) is 0 Å². The molecule has 0 amide bonds. The third-order valence-corrected chi connectivity index (χ3v) is 4.28. The summed E-state index contributed by atoms with van der Waals surface area (Å²) in [4.78, 5) is 14.6. The van der Waals surface area contributed by atoms with Crippen LogP contribution in [0.15, 0.2) is 23.1 Å². The highest BCUT2D eigenvalue weighted by Gasteiger charge is 2.18. The van der Waals surface area contributed by atoms with Gasteiger partial charge in [-0.25, -0.2) is 4.79 Å². The minimum Gasteiger partial charge on any atom is -0.478 e. The summed E-state index contributed by atoms with van der Waals surface area (Å²) in [5.74, 6) is -0.888. The SMILES string of the molecule is CSc1cccc(NC(C)CN2CCOCC2)c1C(=O)O. The van der Waals surface area contributed by atoms with Crippen LogP contribution in [0.1, 0.15) is 17.3 Å². The van der Waals surface area contributed by atoms with E-state index >= 15 is 0 Å². The Morgan fingerprint density at radius 3 is 2.81 bits per heavy atom. The van der Waals surface area contributed by atoms with Crippen LogP contribution in [0.25, 0.3) is 0 Å². The molecule has 0 aromatic heterocycles. The Morgan fingerprint density at radius 1 is 1.48 bits per heavy atom. The summed E-state index contributed by atoms with van der Waals surface area (Å²) in [6.07, 6.45) is 1.89. The first-order valence-electron chi connectivity index (χ1n) is 7.08. The fourth-order valence-electron chi connectivity index (χ4n) is 2.52. The van der Waals surface area contributed by atoms with E-state index in [0.717, 1.165) is 37.7 Å². The number of rotatable bonds is 6. The summed E-state index contributed by atoms with van der Waals surface area (Å²) in [5.41, 5.74) is 1.05. The average Bonchev–Trinajstić information content (AvgIpc) is 2.47. The third kappa shape index (κ3) is 4.36. The zero-order valence-corrected chi connectivity index (χ0v) is 13.3. The van der Waals surface area contributed by atoms with E-state index in [9.17, 15) is 9.90 Å². The number of nitrogens with one attached hydrogen (secondary N) is 1. The molecule has 1 heterocycles. The zero-order valence-electron chi connectivity index (χ0n) is 12.5. The molecule has 1 aliphatic rings. The fourth-order valence-corrected chi connectivity index (χ4v) is 3.14. The van der Waals surface area contributed by atoms with E-state index in [1.54, 1.807) is 0 Å². The van der Waals surface area contributed by atoms with Crippen molar-refractivity contribution in [2.24, 2.45) is 0 Å². The maximum Gasteiger partial charge on any atom is 0.338 e. The molecule has 0 saturated carbocycles. The van der Waals surface area contributed by atoms with Crippen LogP contribution in [-0.2, 0) is 4.74 Å². The molecular formula is C15H22N2O3S. The Bertz CT molecular complexity index is 490. The lowest BCUT2D eigenvalue weighted by atomic mass is 10.1. The molecule has 6 heteroatoms. The molecule has 1 atom stereocenters. The molecule has 1 saturated heterocycles. The number of ether oxygens (including phenoxy) is 1. The summed E-state index contributed by atoms with van der Waals surface area (Å²) >= 11 is 1.45. The standard InChI is InChI=1S/C15H22N2O3S/c1-11(10-17-6-8-20-9-7-17)16-12-4-3-5-13(21-2)14(12)15(18)19/h3-5,11,16H,6-10H2,1-2H3,(H,18,19). The van der Waals surface area contributed by atoms with E-state index in [1.807, 2.05) is 24.5 Å². The molecule has 1 aliphatic heterocycles. The zero-order chi connectivity index (χ0) is 15.2. The van der Waals surface area contributed by atoms with Crippen LogP contribution in [0.2, 0.25) is 0 Å². The second-order valence-electron chi connectivity index (χ2n) is 5.15. The smallest absolute Gasteiger partial charge is 0.338 e. The second kappa shape index (κ2) is 7.68. The molecule has 1 fully saturated rings. The molecule has 1 aromatic rings. The maximum atomic E-state index is 11.5. The number of benzene rings is 1. The minimum absolute atomic E-state index is 0.179. The van der Waals surface area contributed by atoms with E-state index in [4.69, 9.17) is 4.74 Å². The van der Waals surface area contributed by atoms with Gasteiger partial charge in [0, 0.05) is 30.6 Å². The molecular weight excluding hydrogens is 288 g/mol. The van der Waals surface area contributed by atoms with E-state index in [0.29, 0.717) is 11.3 Å². The summed E-state index contributed by atoms with van der Waals surface area (Å²) in [7, 11) is 0. The highest BCUT2D eigenvalue weighted by atomic mass is 32.2. The molecule has 2 rings (SSSR count). The van der Waals surface area contributed by atoms with Crippen molar-refractivity contribution >= 4 is 23.4 Å². The molecule has 116 valence electrons. The van der Waals surface area contributed by atoms with Crippen molar-refractivity contribution in [3.8, 4) is 0 Å². The number of nitrogens with zero attached hydrogens (tertiary/aromatic N) is 1. The summed E-state index contributed by atoms with van der Waals surface area (Å²) in [5, 5.41) is 12.8. The van der Waals surface area contributed by atoms with Crippen LogP contribution in [0.3, 0.4) is 0 Å². The summed E-state index contributed by atoms with van der Waals surface area (Å²) in [6, 6.07) is 5.74. The van der Waals surface area contributed by atoms with Gasteiger partial charge in [0.1, 0.15) is 0 Å². The lowest BCUT2D eigenvalue weighted by molar-refractivity contribution is 0.0368. The Hall–Kier alpha value is -1.24. The van der Waals surface area contributed by atoms with Crippen molar-refractivity contribution in [2.75, 3.05) is 44.4 Å². The van der Waals surface area contributed by atoms with E-state index in [1.165, 1.54) is 11.8 Å². The molecule has 2 N–H and O–H groups in total. The van der Waals surface area contributed by atoms with E-state index in [2.05, 4.69) is 17.1 Å². The van der Waals surface area contributed by atoms with Gasteiger partial charge in [0.25, 0.3) is 0 Å². The lowest BCUT2D eigenvalue weighted by Crippen LogP contribution is -2.42. The Morgan fingerprint density at radius 2 is 2.19 bits per heavy atom. The normalized spacial score (nSPS) is 17.4. The number of carbonyl (C=O) groups is 1. The van der Waals surface area contributed by atoms with Crippen molar-refractivity contribution in [2.45, 2.75) is 17.9 Å². The number of anilines is 1. The Balaban J connectivity index is 2.05. The van der Waals surface area contributed by atoms with Crippen molar-refractivity contribution in [3.05, 3.63) is 23.8 Å². The Labute approximate surface area is 129 Å². The first-order chi connectivity index (χ1) is 10.1. The van der Waals surface area contributed by atoms with Crippen LogP contribution in [-0.4, -0.2) is 61.1 Å². The van der Waals surface area contributed by atoms with Crippen molar-refractivity contribution < 1.29 is 14.6 Å². The summed E-state index contributed by atoms with van der Waals surface area (Å²) < 4.78 is 5.34. The number of carboxylic acids is 1. The molecule has 0 aliphatic carbocycles. The van der Waals surface area contributed by atoms with Crippen LogP contribution in [0.5, 0.6) is 0 Å². The van der Waals surface area contributed by atoms with Gasteiger partial charge in [-0.15, -0.1) is 11.8 Å². The van der Waals surface area contributed by atoms with Gasteiger partial charge in [-0.1, -0.05) is 6.07 Å². The summed E-state index contributed by atoms with van der Waals surface area (Å²) in [6.45, 7) is 6.37. The number of hydrogen-bond donors (Lipinski definition) is 2. The van der Waals surface area contributed by atoms with Gasteiger partial charge in [-0.05, 0) is 25.3 Å². The molecule has 0 radical (unpaired) electrons. The number of thioether (sulfide) groups is 1. The molecule has 1 unspecified atom stereocenters. The Kier molecular flexibility index (Phi) is 5.90. The van der Waals surface area contributed by atoms with Crippen LogP contribution >= 0.6 is 11.8 Å². The number of morpholine rings is 1. The van der Waals surface area contributed by atoms with Crippen LogP contribution in [0.4, 0.5) is 5.69 Å². The average molecular weight is 310 g/mol. The van der Waals surface area contributed by atoms with Gasteiger partial charge >= 0.3 is 5.97 Å². The molecule has 0 bridgehead atoms. The number of hydrogen-bond acceptors (Lipinski definition) is 5. The molecule has 1 aromatic carbocycles. The van der Waals surface area contributed by atoms with Crippen LogP contribution in [0, 0.1) is 0 Å². The van der Waals surface area contributed by atoms with Gasteiger partial charge < -0.3 is 15.2 Å². The third-order valence-electron chi connectivity index (χ3n) is 3.50. The van der Waals surface area contributed by atoms with Crippen molar-refractivity contribution in [1.82, 2.24) is 4.90 Å². The predicted octanol–water partition coefficient (Wildman–Crippen LogP) is 2.24. The van der Waals surface area contributed by atoms with Crippen molar-refractivity contribution in [1.29, 1.82) is 0 Å². The van der Waals surface area contributed by atoms with Crippen LogP contribution < -0.4 is 5.32 Å². The minimum atomic E-state index is -0.888. The van der Waals surface area contributed by atoms with Gasteiger partial charge in [0.15, 0.2) is 0 Å². The largest absolute Gasteiger partial charge is 0.478 e. The van der Waals surface area contributed by atoms with Gasteiger partial charge in [-0.2, -0.15) is 0 Å². The molecule has 0 spiro atoms. The number of aromatic carboxylic acids is 1. The van der Waals surface area contributed by atoms with E-state index in [-0.39, 0.29) is 6.04 Å². The van der Waals surface area contributed by atoms with Gasteiger partial charge in [0.2, 0.25) is 0 Å².